The number of H-pyrrole nitrogens is 1. The lowest BCUT2D eigenvalue weighted by atomic mass is 10.1. The van der Waals surface area contributed by atoms with E-state index in [2.05, 4.69) is 45.2 Å². The van der Waals surface area contributed by atoms with Crippen molar-refractivity contribution in [3.05, 3.63) is 52.7 Å². The van der Waals surface area contributed by atoms with Gasteiger partial charge in [0.1, 0.15) is 5.75 Å². The van der Waals surface area contributed by atoms with Crippen molar-refractivity contribution < 1.29 is 14.7 Å². The molecule has 0 unspecified atom stereocenters. The van der Waals surface area contributed by atoms with E-state index in [1.54, 1.807) is 11.0 Å². The van der Waals surface area contributed by atoms with Crippen molar-refractivity contribution in [3.8, 4) is 5.75 Å². The van der Waals surface area contributed by atoms with Crippen molar-refractivity contribution in [1.82, 2.24) is 24.9 Å². The minimum atomic E-state index is -0.246. The molecule has 0 spiro atoms. The number of aromatic nitrogens is 2. The molecule has 3 aliphatic rings. The number of likely N-dealkylation sites (tertiary alicyclic amines) is 1. The Hall–Kier alpha value is -3.59. The summed E-state index contributed by atoms with van der Waals surface area (Å²) < 4.78 is 0. The normalized spacial score (nSPS) is 18.6. The zero-order valence-electron chi connectivity index (χ0n) is 20.7. The van der Waals surface area contributed by atoms with Crippen molar-refractivity contribution in [2.45, 2.75) is 32.4 Å². The molecule has 4 heterocycles. The summed E-state index contributed by atoms with van der Waals surface area (Å²) in [5.41, 5.74) is 4.52. The number of likely N-dealkylation sites (N-methyl/N-ethyl adjacent to an activating group) is 1. The van der Waals surface area contributed by atoms with Gasteiger partial charge in [-0.1, -0.05) is 6.07 Å². The standard InChI is InChI=1S/C27H32N6O3/c1-30-9-11-31(12-10-30)20-6-5-18-16-33(17-19(18)13-20)26(35)22-14-21-23(15-24(22)34)28-29-25(21)27(36)32-7-3-2-4-8-32/h5-6,13-15,34H,2-4,7-12,16-17H2,1H3,(H,28,29). The molecular weight excluding hydrogens is 456 g/mol. The molecule has 3 aliphatic heterocycles. The van der Waals surface area contributed by atoms with E-state index in [1.807, 2.05) is 4.90 Å². The van der Waals surface area contributed by atoms with Gasteiger partial charge < -0.3 is 24.7 Å². The number of benzene rings is 2. The number of anilines is 1. The Morgan fingerprint density at radius 1 is 0.861 bits per heavy atom. The molecular formula is C27H32N6O3. The van der Waals surface area contributed by atoms with Crippen molar-refractivity contribution in [2.24, 2.45) is 0 Å². The van der Waals surface area contributed by atoms with Gasteiger partial charge in [-0.3, -0.25) is 14.7 Å². The van der Waals surface area contributed by atoms with Gasteiger partial charge in [-0.05, 0) is 55.6 Å². The predicted molar refractivity (Wildman–Crippen MR) is 137 cm³/mol. The van der Waals surface area contributed by atoms with Crippen LogP contribution in [0.15, 0.2) is 30.3 Å². The molecule has 188 valence electrons. The van der Waals surface area contributed by atoms with Gasteiger partial charge >= 0.3 is 0 Å². The van der Waals surface area contributed by atoms with Crippen molar-refractivity contribution >= 4 is 28.4 Å². The van der Waals surface area contributed by atoms with Crippen LogP contribution >= 0.6 is 0 Å². The summed E-state index contributed by atoms with van der Waals surface area (Å²) in [6.45, 7) is 6.51. The number of nitrogens with zero attached hydrogens (tertiary/aromatic N) is 5. The maximum Gasteiger partial charge on any atom is 0.274 e. The quantitative estimate of drug-likeness (QED) is 0.589. The lowest BCUT2D eigenvalue weighted by molar-refractivity contribution is 0.0717. The second-order valence-corrected chi connectivity index (χ2v) is 10.2. The highest BCUT2D eigenvalue weighted by Gasteiger charge is 2.29. The first-order chi connectivity index (χ1) is 17.5. The van der Waals surface area contributed by atoms with Gasteiger partial charge in [-0.15, -0.1) is 0 Å². The van der Waals surface area contributed by atoms with E-state index in [0.717, 1.165) is 69.7 Å². The Morgan fingerprint density at radius 2 is 1.61 bits per heavy atom. The fourth-order valence-electron chi connectivity index (χ4n) is 5.59. The number of carbonyl (C=O) groups excluding carboxylic acids is 2. The van der Waals surface area contributed by atoms with Crippen LogP contribution in [0.5, 0.6) is 5.75 Å². The molecule has 2 saturated heterocycles. The molecule has 36 heavy (non-hydrogen) atoms. The second-order valence-electron chi connectivity index (χ2n) is 10.2. The van der Waals surface area contributed by atoms with E-state index in [1.165, 1.54) is 11.8 Å². The van der Waals surface area contributed by atoms with Crippen molar-refractivity contribution in [3.63, 3.8) is 0 Å². The molecule has 0 radical (unpaired) electrons. The van der Waals surface area contributed by atoms with E-state index in [-0.39, 0.29) is 23.1 Å². The summed E-state index contributed by atoms with van der Waals surface area (Å²) in [7, 11) is 2.15. The largest absolute Gasteiger partial charge is 0.507 e. The van der Waals surface area contributed by atoms with Crippen LogP contribution in [0.3, 0.4) is 0 Å². The van der Waals surface area contributed by atoms with Gasteiger partial charge in [0.05, 0.1) is 11.1 Å². The van der Waals surface area contributed by atoms with Crippen LogP contribution in [0.1, 0.15) is 51.2 Å². The van der Waals surface area contributed by atoms with Gasteiger partial charge in [0, 0.05) is 69.5 Å². The predicted octanol–water partition coefficient (Wildman–Crippen LogP) is 2.80. The Kier molecular flexibility index (Phi) is 5.79. The van der Waals surface area contributed by atoms with Gasteiger partial charge in [0.2, 0.25) is 0 Å². The van der Waals surface area contributed by atoms with E-state index in [0.29, 0.717) is 29.7 Å². The first-order valence-electron chi connectivity index (χ1n) is 12.8. The maximum absolute atomic E-state index is 13.5. The molecule has 0 aliphatic carbocycles. The summed E-state index contributed by atoms with van der Waals surface area (Å²) in [5.74, 6) is -0.485. The molecule has 0 bridgehead atoms. The molecule has 9 heteroatoms. The lowest BCUT2D eigenvalue weighted by Crippen LogP contribution is -2.44. The van der Waals surface area contributed by atoms with Crippen LogP contribution in [-0.4, -0.2) is 88.1 Å². The number of rotatable bonds is 3. The third-order valence-corrected chi connectivity index (χ3v) is 7.82. The van der Waals surface area contributed by atoms with E-state index >= 15 is 0 Å². The van der Waals surface area contributed by atoms with Crippen LogP contribution in [0.25, 0.3) is 10.9 Å². The number of hydrogen-bond acceptors (Lipinski definition) is 6. The Morgan fingerprint density at radius 3 is 2.39 bits per heavy atom. The minimum absolute atomic E-state index is 0.109. The number of piperazine rings is 1. The molecule has 6 rings (SSSR count). The molecule has 2 fully saturated rings. The number of hydrogen-bond donors (Lipinski definition) is 2. The summed E-state index contributed by atoms with van der Waals surface area (Å²) >= 11 is 0. The first-order valence-corrected chi connectivity index (χ1v) is 12.8. The number of fused-ring (bicyclic) bond motifs is 2. The topological polar surface area (TPSA) is 96.0 Å². The monoisotopic (exact) mass is 488 g/mol. The average Bonchev–Trinajstić information content (AvgIpc) is 3.52. The highest BCUT2D eigenvalue weighted by molar-refractivity contribution is 6.08. The number of carbonyl (C=O) groups is 2. The Bertz CT molecular complexity index is 1320. The number of nitrogens with one attached hydrogen (secondary N) is 1. The summed E-state index contributed by atoms with van der Waals surface area (Å²) in [4.78, 5) is 34.9. The number of phenols is 1. The summed E-state index contributed by atoms with van der Waals surface area (Å²) in [6, 6.07) is 9.57. The van der Waals surface area contributed by atoms with Crippen molar-refractivity contribution in [1.29, 1.82) is 0 Å². The third-order valence-electron chi connectivity index (χ3n) is 7.82. The summed E-state index contributed by atoms with van der Waals surface area (Å²) in [5, 5.41) is 18.3. The minimum Gasteiger partial charge on any atom is -0.507 e. The summed E-state index contributed by atoms with van der Waals surface area (Å²) in [6.07, 6.45) is 3.11. The highest BCUT2D eigenvalue weighted by atomic mass is 16.3. The van der Waals surface area contributed by atoms with Crippen LogP contribution in [0.2, 0.25) is 0 Å². The smallest absolute Gasteiger partial charge is 0.274 e. The zero-order chi connectivity index (χ0) is 24.8. The molecule has 2 aromatic carbocycles. The number of aromatic hydroxyl groups is 1. The average molecular weight is 489 g/mol. The van der Waals surface area contributed by atoms with E-state index in [9.17, 15) is 14.7 Å². The van der Waals surface area contributed by atoms with Crippen LogP contribution in [0, 0.1) is 0 Å². The van der Waals surface area contributed by atoms with E-state index in [4.69, 9.17) is 0 Å². The third kappa shape index (κ3) is 4.07. The van der Waals surface area contributed by atoms with Gasteiger partial charge in [-0.25, -0.2) is 0 Å². The second kappa shape index (κ2) is 9.13. The Labute approximate surface area is 210 Å². The van der Waals surface area contributed by atoms with Crippen LogP contribution in [0.4, 0.5) is 5.69 Å². The molecule has 9 nitrogen and oxygen atoms in total. The van der Waals surface area contributed by atoms with Crippen LogP contribution < -0.4 is 4.90 Å². The fraction of sp³-hybridized carbons (Fsp3) is 0.444. The number of aromatic amines is 1. The number of phenolic OH excluding ortho intramolecular Hbond substituents is 1. The van der Waals surface area contributed by atoms with Crippen LogP contribution in [-0.2, 0) is 13.1 Å². The maximum atomic E-state index is 13.5. The zero-order valence-corrected chi connectivity index (χ0v) is 20.7. The lowest BCUT2D eigenvalue weighted by Gasteiger charge is -2.34. The number of amides is 2. The molecule has 1 aromatic heterocycles. The number of piperidine rings is 1. The first kappa shape index (κ1) is 22.8. The van der Waals surface area contributed by atoms with E-state index < -0.39 is 0 Å². The molecule has 2 N–H and O–H groups in total. The van der Waals surface area contributed by atoms with Gasteiger partial charge in [0.25, 0.3) is 11.8 Å². The van der Waals surface area contributed by atoms with Gasteiger partial charge in [-0.2, -0.15) is 5.10 Å². The Balaban J connectivity index is 1.23. The fourth-order valence-corrected chi connectivity index (χ4v) is 5.59. The van der Waals surface area contributed by atoms with Gasteiger partial charge in [0.15, 0.2) is 5.69 Å². The molecule has 0 saturated carbocycles. The molecule has 3 aromatic rings. The molecule has 0 atom stereocenters. The van der Waals surface area contributed by atoms with Crippen molar-refractivity contribution in [2.75, 3.05) is 51.2 Å². The molecule has 2 amide bonds. The highest BCUT2D eigenvalue weighted by Crippen LogP contribution is 2.32. The SMILES string of the molecule is CN1CCN(c2ccc3c(c2)CN(C(=O)c2cc4c(C(=O)N5CCCCC5)n[nH]c4cc2O)C3)CC1.